The van der Waals surface area contributed by atoms with Gasteiger partial charge in [-0.2, -0.15) is 0 Å². The highest BCUT2D eigenvalue weighted by Crippen LogP contribution is 2.44. The van der Waals surface area contributed by atoms with Gasteiger partial charge in [-0.1, -0.05) is 48.5 Å². The summed E-state index contributed by atoms with van der Waals surface area (Å²) < 4.78 is 11.1. The molecular weight excluding hydrogens is 424 g/mol. The third-order valence-electron chi connectivity index (χ3n) is 6.41. The van der Waals surface area contributed by atoms with Gasteiger partial charge in [-0.15, -0.1) is 0 Å². The molecule has 1 atom stereocenters. The SMILES string of the molecule is C[C@@H](NC(=O)CC1(NC(=O)OCC2c3ccccc3-c3ccccc32)CCOCC1)C(=O)O. The first-order chi connectivity index (χ1) is 15.9. The number of fused-ring (bicyclic) bond motifs is 3. The Hall–Kier alpha value is -3.39. The average molecular weight is 453 g/mol. The molecule has 0 spiro atoms. The average Bonchev–Trinajstić information content (AvgIpc) is 3.11. The van der Waals surface area contributed by atoms with Gasteiger partial charge in [0.15, 0.2) is 0 Å². The summed E-state index contributed by atoms with van der Waals surface area (Å²) in [6, 6.07) is 15.2. The molecule has 2 aromatic carbocycles. The summed E-state index contributed by atoms with van der Waals surface area (Å²) in [6.45, 7) is 2.36. The number of ether oxygens (including phenoxy) is 2. The maximum atomic E-state index is 12.8. The van der Waals surface area contributed by atoms with E-state index in [1.54, 1.807) is 0 Å². The smallest absolute Gasteiger partial charge is 0.407 e. The van der Waals surface area contributed by atoms with Crippen molar-refractivity contribution in [1.82, 2.24) is 10.6 Å². The first-order valence-corrected chi connectivity index (χ1v) is 11.1. The lowest BCUT2D eigenvalue weighted by atomic mass is 9.86. The van der Waals surface area contributed by atoms with Crippen LogP contribution >= 0.6 is 0 Å². The lowest BCUT2D eigenvalue weighted by Gasteiger charge is -2.37. The van der Waals surface area contributed by atoms with E-state index >= 15 is 0 Å². The predicted molar refractivity (Wildman–Crippen MR) is 121 cm³/mol. The number of nitrogens with one attached hydrogen (secondary N) is 2. The van der Waals surface area contributed by atoms with Crippen LogP contribution in [0.15, 0.2) is 48.5 Å². The van der Waals surface area contributed by atoms with Crippen LogP contribution in [0, 0.1) is 0 Å². The van der Waals surface area contributed by atoms with Crippen molar-refractivity contribution in [2.75, 3.05) is 19.8 Å². The molecule has 0 radical (unpaired) electrons. The number of rotatable bonds is 7. The van der Waals surface area contributed by atoms with Crippen LogP contribution in [-0.4, -0.2) is 54.5 Å². The fraction of sp³-hybridized carbons (Fsp3) is 0.400. The summed E-state index contributed by atoms with van der Waals surface area (Å²) in [5.41, 5.74) is 3.69. The minimum Gasteiger partial charge on any atom is -0.480 e. The number of hydrogen-bond donors (Lipinski definition) is 3. The number of amides is 2. The summed E-state index contributed by atoms with van der Waals surface area (Å²) in [6.07, 6.45) is 0.230. The molecule has 2 aromatic rings. The molecule has 1 aliphatic carbocycles. The Bertz CT molecular complexity index is 1000. The van der Waals surface area contributed by atoms with Crippen LogP contribution in [0.4, 0.5) is 4.79 Å². The molecule has 1 saturated heterocycles. The van der Waals surface area contributed by atoms with Crippen molar-refractivity contribution in [2.24, 2.45) is 0 Å². The molecule has 1 heterocycles. The monoisotopic (exact) mass is 452 g/mol. The van der Waals surface area contributed by atoms with E-state index in [0.29, 0.717) is 26.1 Å². The van der Waals surface area contributed by atoms with Crippen LogP contribution in [0.3, 0.4) is 0 Å². The number of alkyl carbamates (subject to hydrolysis) is 1. The van der Waals surface area contributed by atoms with Gasteiger partial charge in [-0.25, -0.2) is 4.79 Å². The zero-order valence-electron chi connectivity index (χ0n) is 18.5. The zero-order chi connectivity index (χ0) is 23.4. The molecule has 4 rings (SSSR count). The molecular formula is C25H28N2O6. The molecule has 33 heavy (non-hydrogen) atoms. The van der Waals surface area contributed by atoms with E-state index < -0.39 is 29.6 Å². The summed E-state index contributed by atoms with van der Waals surface area (Å²) >= 11 is 0. The molecule has 1 fully saturated rings. The summed E-state index contributed by atoms with van der Waals surface area (Å²) in [5, 5.41) is 14.4. The number of carbonyl (C=O) groups is 3. The number of hydrogen-bond acceptors (Lipinski definition) is 5. The highest BCUT2D eigenvalue weighted by atomic mass is 16.5. The molecule has 174 valence electrons. The molecule has 8 nitrogen and oxygen atoms in total. The lowest BCUT2D eigenvalue weighted by molar-refractivity contribution is -0.141. The third kappa shape index (κ3) is 5.01. The summed E-state index contributed by atoms with van der Waals surface area (Å²) in [7, 11) is 0. The number of benzene rings is 2. The first kappa shape index (κ1) is 22.8. The maximum Gasteiger partial charge on any atom is 0.407 e. The van der Waals surface area contributed by atoms with Crippen LogP contribution < -0.4 is 10.6 Å². The molecule has 8 heteroatoms. The zero-order valence-corrected chi connectivity index (χ0v) is 18.5. The Morgan fingerprint density at radius 1 is 1.06 bits per heavy atom. The molecule has 2 aliphatic rings. The lowest BCUT2D eigenvalue weighted by Crippen LogP contribution is -2.55. The highest BCUT2D eigenvalue weighted by Gasteiger charge is 2.38. The minimum absolute atomic E-state index is 0.0435. The molecule has 1 aliphatic heterocycles. The fourth-order valence-electron chi connectivity index (χ4n) is 4.62. The second-order valence-corrected chi connectivity index (χ2v) is 8.65. The molecule has 0 saturated carbocycles. The van der Waals surface area contributed by atoms with E-state index in [-0.39, 0.29) is 18.9 Å². The van der Waals surface area contributed by atoms with Gasteiger partial charge in [0.1, 0.15) is 12.6 Å². The Kier molecular flexibility index (Phi) is 6.65. The molecule has 0 aromatic heterocycles. The van der Waals surface area contributed by atoms with E-state index in [0.717, 1.165) is 22.3 Å². The molecule has 0 bridgehead atoms. The second kappa shape index (κ2) is 9.62. The van der Waals surface area contributed by atoms with Crippen molar-refractivity contribution >= 4 is 18.0 Å². The van der Waals surface area contributed by atoms with Crippen molar-refractivity contribution in [1.29, 1.82) is 0 Å². The van der Waals surface area contributed by atoms with Crippen LogP contribution in [-0.2, 0) is 19.1 Å². The van der Waals surface area contributed by atoms with Gasteiger partial charge < -0.3 is 25.2 Å². The number of carboxylic acids is 1. The molecule has 0 unspecified atom stereocenters. The van der Waals surface area contributed by atoms with Gasteiger partial charge in [0.25, 0.3) is 0 Å². The number of carbonyl (C=O) groups excluding carboxylic acids is 2. The third-order valence-corrected chi connectivity index (χ3v) is 6.41. The van der Waals surface area contributed by atoms with Crippen molar-refractivity contribution in [2.45, 2.75) is 43.7 Å². The van der Waals surface area contributed by atoms with Crippen LogP contribution in [0.25, 0.3) is 11.1 Å². The van der Waals surface area contributed by atoms with E-state index in [1.807, 2.05) is 24.3 Å². The number of carboxylic acid groups (broad SMARTS) is 1. The van der Waals surface area contributed by atoms with Gasteiger partial charge in [0, 0.05) is 19.1 Å². The van der Waals surface area contributed by atoms with E-state index in [9.17, 15) is 14.4 Å². The van der Waals surface area contributed by atoms with Crippen molar-refractivity contribution in [3.05, 3.63) is 59.7 Å². The van der Waals surface area contributed by atoms with Crippen LogP contribution in [0.5, 0.6) is 0 Å². The largest absolute Gasteiger partial charge is 0.480 e. The van der Waals surface area contributed by atoms with Crippen molar-refractivity contribution in [3.63, 3.8) is 0 Å². The second-order valence-electron chi connectivity index (χ2n) is 8.65. The van der Waals surface area contributed by atoms with Gasteiger partial charge in [0.2, 0.25) is 5.91 Å². The van der Waals surface area contributed by atoms with Gasteiger partial charge in [-0.3, -0.25) is 9.59 Å². The van der Waals surface area contributed by atoms with Crippen LogP contribution in [0.1, 0.15) is 43.2 Å². The maximum absolute atomic E-state index is 12.8. The summed E-state index contributed by atoms with van der Waals surface area (Å²) in [4.78, 5) is 36.3. The Labute approximate surface area is 192 Å². The van der Waals surface area contributed by atoms with Crippen molar-refractivity contribution < 1.29 is 29.0 Å². The Morgan fingerprint density at radius 2 is 1.64 bits per heavy atom. The minimum atomic E-state index is -1.12. The fourth-order valence-corrected chi connectivity index (χ4v) is 4.62. The quantitative estimate of drug-likeness (QED) is 0.595. The van der Waals surface area contributed by atoms with Crippen LogP contribution in [0.2, 0.25) is 0 Å². The van der Waals surface area contributed by atoms with Crippen molar-refractivity contribution in [3.8, 4) is 11.1 Å². The Balaban J connectivity index is 1.42. The van der Waals surface area contributed by atoms with E-state index in [4.69, 9.17) is 14.6 Å². The topological polar surface area (TPSA) is 114 Å². The molecule has 2 amide bonds. The number of aliphatic carboxylic acids is 1. The highest BCUT2D eigenvalue weighted by molar-refractivity contribution is 5.84. The Morgan fingerprint density at radius 3 is 2.21 bits per heavy atom. The van der Waals surface area contributed by atoms with E-state index in [2.05, 4.69) is 34.9 Å². The first-order valence-electron chi connectivity index (χ1n) is 11.1. The van der Waals surface area contributed by atoms with Gasteiger partial charge >= 0.3 is 12.1 Å². The molecule has 3 N–H and O–H groups in total. The van der Waals surface area contributed by atoms with Gasteiger partial charge in [0.05, 0.1) is 12.0 Å². The summed E-state index contributed by atoms with van der Waals surface area (Å²) in [5.74, 6) is -1.62. The van der Waals surface area contributed by atoms with Gasteiger partial charge in [-0.05, 0) is 42.0 Å². The normalized spacial score (nSPS) is 17.4. The predicted octanol–water partition coefficient (Wildman–Crippen LogP) is 3.05. The van der Waals surface area contributed by atoms with E-state index in [1.165, 1.54) is 6.92 Å². The standard InChI is InChI=1S/C25H28N2O6/c1-16(23(29)30)26-22(28)14-25(10-12-32-13-11-25)27-24(31)33-15-21-19-8-4-2-6-17(19)18-7-3-5-9-20(18)21/h2-9,16,21H,10-15H2,1H3,(H,26,28)(H,27,31)(H,29,30)/t16-/m1/s1.